The minimum atomic E-state index is -0.486. The van der Waals surface area contributed by atoms with Crippen molar-refractivity contribution in [3.05, 3.63) is 51.8 Å². The zero-order valence-electron chi connectivity index (χ0n) is 12.7. The molecule has 9 nitrogen and oxygen atoms in total. The number of nitrogens with zero attached hydrogens (tertiary/aromatic N) is 3. The molecule has 1 aliphatic heterocycles. The first-order valence-electron chi connectivity index (χ1n) is 7.34. The predicted octanol–water partition coefficient (Wildman–Crippen LogP) is 1.58. The number of rotatable bonds is 5. The van der Waals surface area contributed by atoms with Crippen LogP contribution in [-0.4, -0.2) is 39.9 Å². The fourth-order valence-corrected chi connectivity index (χ4v) is 2.49. The van der Waals surface area contributed by atoms with E-state index >= 15 is 0 Å². The van der Waals surface area contributed by atoms with Gasteiger partial charge in [-0.1, -0.05) is 0 Å². The van der Waals surface area contributed by atoms with Gasteiger partial charge in [0.25, 0.3) is 5.69 Å². The third-order valence-corrected chi connectivity index (χ3v) is 3.76. The molecule has 1 fully saturated rings. The number of non-ortho nitro benzene ring substituents is 1. The molecule has 1 aliphatic rings. The van der Waals surface area contributed by atoms with E-state index in [4.69, 9.17) is 15.9 Å². The molecule has 0 bridgehead atoms. The first-order valence-corrected chi connectivity index (χ1v) is 7.34. The lowest BCUT2D eigenvalue weighted by Crippen LogP contribution is -2.23. The summed E-state index contributed by atoms with van der Waals surface area (Å²) in [6.07, 6.45) is 2.17. The average molecular weight is 328 g/mol. The van der Waals surface area contributed by atoms with Gasteiger partial charge in [0.2, 0.25) is 0 Å². The number of hydrogen-bond donors (Lipinski definition) is 3. The molecule has 0 amide bonds. The summed E-state index contributed by atoms with van der Waals surface area (Å²) in [4.78, 5) is 18.4. The van der Waals surface area contributed by atoms with Crippen molar-refractivity contribution in [1.29, 1.82) is 5.41 Å². The van der Waals surface area contributed by atoms with E-state index in [1.807, 2.05) is 0 Å². The molecule has 1 aromatic heterocycles. The van der Waals surface area contributed by atoms with Gasteiger partial charge in [0.15, 0.2) is 0 Å². The van der Waals surface area contributed by atoms with Gasteiger partial charge in [0.1, 0.15) is 18.0 Å². The Morgan fingerprint density at radius 2 is 2.12 bits per heavy atom. The Labute approximate surface area is 137 Å². The van der Waals surface area contributed by atoms with Crippen molar-refractivity contribution in [1.82, 2.24) is 9.97 Å². The van der Waals surface area contributed by atoms with Crippen molar-refractivity contribution in [2.75, 3.05) is 24.3 Å². The van der Waals surface area contributed by atoms with E-state index in [1.54, 1.807) is 0 Å². The second-order valence-electron chi connectivity index (χ2n) is 5.37. The van der Waals surface area contributed by atoms with Crippen LogP contribution in [-0.2, 0) is 4.74 Å². The van der Waals surface area contributed by atoms with Crippen LogP contribution in [0.2, 0.25) is 0 Å². The van der Waals surface area contributed by atoms with E-state index in [-0.39, 0.29) is 23.3 Å². The minimum Gasteiger partial charge on any atom is -0.383 e. The van der Waals surface area contributed by atoms with Crippen LogP contribution in [0.4, 0.5) is 17.3 Å². The van der Waals surface area contributed by atoms with Gasteiger partial charge in [0, 0.05) is 24.3 Å². The average Bonchev–Trinajstić information content (AvgIpc) is 3.07. The zero-order valence-corrected chi connectivity index (χ0v) is 12.7. The summed E-state index contributed by atoms with van der Waals surface area (Å²) in [5.41, 5.74) is 6.87. The number of nitro groups is 1. The van der Waals surface area contributed by atoms with Gasteiger partial charge < -0.3 is 15.8 Å². The molecular weight excluding hydrogens is 312 g/mol. The third kappa shape index (κ3) is 3.15. The molecule has 9 heteroatoms. The van der Waals surface area contributed by atoms with E-state index in [1.165, 1.54) is 30.6 Å². The maximum Gasteiger partial charge on any atom is 0.269 e. The first kappa shape index (κ1) is 15.8. The summed E-state index contributed by atoms with van der Waals surface area (Å²) < 4.78 is 5.33. The summed E-state index contributed by atoms with van der Waals surface area (Å²) in [7, 11) is 0. The van der Waals surface area contributed by atoms with E-state index in [9.17, 15) is 10.1 Å². The van der Waals surface area contributed by atoms with Crippen molar-refractivity contribution in [3.63, 3.8) is 0 Å². The molecular formula is C15H16N6O3. The lowest BCUT2D eigenvalue weighted by Gasteiger charge is -2.16. The summed E-state index contributed by atoms with van der Waals surface area (Å²) in [5, 5.41) is 22.4. The summed E-state index contributed by atoms with van der Waals surface area (Å²) in [5.74, 6) is 0.635. The molecule has 2 heterocycles. The molecule has 0 radical (unpaired) electrons. The van der Waals surface area contributed by atoms with E-state index in [2.05, 4.69) is 15.3 Å². The van der Waals surface area contributed by atoms with Crippen molar-refractivity contribution in [2.45, 2.75) is 12.5 Å². The molecule has 1 unspecified atom stereocenters. The van der Waals surface area contributed by atoms with Gasteiger partial charge in [-0.15, -0.1) is 0 Å². The van der Waals surface area contributed by atoms with Crippen molar-refractivity contribution >= 4 is 23.0 Å². The number of ether oxygens (including phenoxy) is 1. The van der Waals surface area contributed by atoms with Crippen molar-refractivity contribution in [3.8, 4) is 0 Å². The first-order chi connectivity index (χ1) is 11.6. The van der Waals surface area contributed by atoms with Crippen LogP contribution in [0.3, 0.4) is 0 Å². The minimum absolute atomic E-state index is 0.0368. The highest BCUT2D eigenvalue weighted by atomic mass is 16.6. The third-order valence-electron chi connectivity index (χ3n) is 3.76. The lowest BCUT2D eigenvalue weighted by molar-refractivity contribution is -0.384. The molecule has 1 atom stereocenters. The van der Waals surface area contributed by atoms with Gasteiger partial charge in [-0.3, -0.25) is 15.5 Å². The fourth-order valence-electron chi connectivity index (χ4n) is 2.49. The van der Waals surface area contributed by atoms with Crippen LogP contribution < -0.4 is 11.1 Å². The molecule has 4 N–H and O–H groups in total. The highest BCUT2D eigenvalue weighted by molar-refractivity contribution is 6.16. The molecule has 3 rings (SSSR count). The van der Waals surface area contributed by atoms with Gasteiger partial charge >= 0.3 is 0 Å². The Morgan fingerprint density at radius 3 is 2.75 bits per heavy atom. The number of anilines is 2. The van der Waals surface area contributed by atoms with Crippen LogP contribution in [0, 0.1) is 15.5 Å². The normalized spacial score (nSPS) is 16.8. The van der Waals surface area contributed by atoms with Crippen LogP contribution in [0.25, 0.3) is 0 Å². The Bertz CT molecular complexity index is 771. The van der Waals surface area contributed by atoms with E-state index < -0.39 is 4.92 Å². The standard InChI is InChI=1S/C15H16N6O3/c16-13(9-1-3-11(4-2-9)21(22)23)12-14(17)18-8-19-15(12)20-10-5-6-24-7-10/h1-4,8,10,16H,5-7H2,(H3,17,18,19,20). The largest absolute Gasteiger partial charge is 0.383 e. The molecule has 0 aliphatic carbocycles. The monoisotopic (exact) mass is 328 g/mol. The maximum atomic E-state index is 10.7. The number of aromatic nitrogens is 2. The highest BCUT2D eigenvalue weighted by Gasteiger charge is 2.21. The quantitative estimate of drug-likeness (QED) is 0.430. The Morgan fingerprint density at radius 1 is 1.38 bits per heavy atom. The van der Waals surface area contributed by atoms with E-state index in [0.29, 0.717) is 30.2 Å². The van der Waals surface area contributed by atoms with Gasteiger partial charge in [-0.05, 0) is 18.6 Å². The Balaban J connectivity index is 1.92. The number of hydrogen-bond acceptors (Lipinski definition) is 8. The summed E-state index contributed by atoms with van der Waals surface area (Å²) in [6, 6.07) is 5.82. The molecule has 2 aromatic rings. The van der Waals surface area contributed by atoms with Crippen molar-refractivity contribution < 1.29 is 9.66 Å². The van der Waals surface area contributed by atoms with Crippen LogP contribution in [0.5, 0.6) is 0 Å². The van der Waals surface area contributed by atoms with E-state index in [0.717, 1.165) is 6.42 Å². The second kappa shape index (κ2) is 6.59. The van der Waals surface area contributed by atoms with Crippen molar-refractivity contribution in [2.24, 2.45) is 0 Å². The predicted molar refractivity (Wildman–Crippen MR) is 88.3 cm³/mol. The van der Waals surface area contributed by atoms with Crippen LogP contribution in [0.1, 0.15) is 17.5 Å². The molecule has 1 saturated heterocycles. The topological polar surface area (TPSA) is 140 Å². The smallest absolute Gasteiger partial charge is 0.269 e. The van der Waals surface area contributed by atoms with Gasteiger partial charge in [-0.2, -0.15) is 0 Å². The number of nitrogens with one attached hydrogen (secondary N) is 2. The molecule has 0 saturated carbocycles. The summed E-state index contributed by atoms with van der Waals surface area (Å²) >= 11 is 0. The summed E-state index contributed by atoms with van der Waals surface area (Å²) in [6.45, 7) is 1.24. The second-order valence-corrected chi connectivity index (χ2v) is 5.37. The van der Waals surface area contributed by atoms with Crippen LogP contribution in [0.15, 0.2) is 30.6 Å². The zero-order chi connectivity index (χ0) is 17.1. The lowest BCUT2D eigenvalue weighted by atomic mass is 10.0. The number of nitrogens with two attached hydrogens (primary N) is 1. The molecule has 24 heavy (non-hydrogen) atoms. The molecule has 0 spiro atoms. The van der Waals surface area contributed by atoms with Crippen LogP contribution >= 0.6 is 0 Å². The number of nitrogen functional groups attached to an aromatic ring is 1. The fraction of sp³-hybridized carbons (Fsp3) is 0.267. The SMILES string of the molecule is N=C(c1ccc([N+](=O)[O-])cc1)c1c(N)ncnc1NC1CCOC1. The number of nitro benzene ring substituents is 1. The molecule has 124 valence electrons. The Hall–Kier alpha value is -3.07. The maximum absolute atomic E-state index is 10.7. The number of benzene rings is 1. The Kier molecular flexibility index (Phi) is 4.34. The highest BCUT2D eigenvalue weighted by Crippen LogP contribution is 2.24. The van der Waals surface area contributed by atoms with Gasteiger partial charge in [0.05, 0.1) is 28.8 Å². The van der Waals surface area contributed by atoms with Gasteiger partial charge in [-0.25, -0.2) is 9.97 Å². The molecule has 1 aromatic carbocycles.